The molecule has 0 aliphatic carbocycles. The summed E-state index contributed by atoms with van der Waals surface area (Å²) < 4.78 is 11.8. The fourth-order valence-electron chi connectivity index (χ4n) is 3.27. The van der Waals surface area contributed by atoms with Gasteiger partial charge in [-0.15, -0.1) is 0 Å². The van der Waals surface area contributed by atoms with Gasteiger partial charge in [0.05, 0.1) is 18.9 Å². The van der Waals surface area contributed by atoms with E-state index in [1.807, 2.05) is 4.90 Å². The Bertz CT molecular complexity index is 569. The quantitative estimate of drug-likeness (QED) is 0.704. The summed E-state index contributed by atoms with van der Waals surface area (Å²) in [4.78, 5) is 14.9. The smallest absolute Gasteiger partial charge is 0.292 e. The maximum Gasteiger partial charge on any atom is 0.292 e. The number of anilines is 1. The molecule has 1 amide bonds. The van der Waals surface area contributed by atoms with Crippen LogP contribution in [0, 0.1) is 0 Å². The Morgan fingerprint density at radius 2 is 2.04 bits per heavy atom. The minimum Gasteiger partial charge on any atom is -0.338 e. The molecule has 0 aromatic heterocycles. The molecule has 126 valence electrons. The van der Waals surface area contributed by atoms with Crippen molar-refractivity contribution in [3.63, 3.8) is 0 Å². The first-order chi connectivity index (χ1) is 11.2. The summed E-state index contributed by atoms with van der Waals surface area (Å²) in [6.45, 7) is 4.00. The Morgan fingerprint density at radius 3 is 2.74 bits per heavy atom. The van der Waals surface area contributed by atoms with E-state index in [0.29, 0.717) is 19.8 Å². The first-order valence-electron chi connectivity index (χ1n) is 8.52. The number of halogens is 1. The molecule has 1 aromatic rings. The number of amides is 1. The van der Waals surface area contributed by atoms with Crippen molar-refractivity contribution in [3.05, 3.63) is 29.3 Å². The lowest BCUT2D eigenvalue weighted by Crippen LogP contribution is -2.47. The molecule has 2 heterocycles. The number of hydrogen-bond acceptors (Lipinski definition) is 3. The molecule has 4 nitrogen and oxygen atoms in total. The maximum absolute atomic E-state index is 13.0. The average Bonchev–Trinajstić information content (AvgIpc) is 2.81. The van der Waals surface area contributed by atoms with Gasteiger partial charge in [0.25, 0.3) is 11.7 Å². The van der Waals surface area contributed by atoms with Crippen LogP contribution in [0.5, 0.6) is 0 Å². The van der Waals surface area contributed by atoms with Crippen molar-refractivity contribution in [1.29, 1.82) is 0 Å². The summed E-state index contributed by atoms with van der Waals surface area (Å²) >= 11 is 3.44. The van der Waals surface area contributed by atoms with Crippen molar-refractivity contribution in [3.8, 4) is 0 Å². The predicted molar refractivity (Wildman–Crippen MR) is 94.0 cm³/mol. The standard InChI is InChI=1S/C18H24BrNO3/c1-2-3-6-14-7-8-16-15(13-14)18(22-11-5-12-23-18)17(21)20(16)10-4-9-19/h7-8,13H,2-6,9-12H2,1H3. The van der Waals surface area contributed by atoms with Crippen LogP contribution < -0.4 is 4.90 Å². The largest absolute Gasteiger partial charge is 0.338 e. The zero-order valence-corrected chi connectivity index (χ0v) is 15.2. The number of aryl methyl sites for hydroxylation is 1. The summed E-state index contributed by atoms with van der Waals surface area (Å²) in [6, 6.07) is 6.30. The van der Waals surface area contributed by atoms with E-state index in [-0.39, 0.29) is 5.91 Å². The van der Waals surface area contributed by atoms with Gasteiger partial charge in [0.15, 0.2) is 0 Å². The van der Waals surface area contributed by atoms with E-state index < -0.39 is 5.79 Å². The van der Waals surface area contributed by atoms with E-state index in [4.69, 9.17) is 9.47 Å². The van der Waals surface area contributed by atoms with E-state index in [1.54, 1.807) is 0 Å². The zero-order valence-electron chi connectivity index (χ0n) is 13.6. The molecule has 0 N–H and O–H groups in total. The van der Waals surface area contributed by atoms with E-state index >= 15 is 0 Å². The lowest BCUT2D eigenvalue weighted by molar-refractivity contribution is -0.256. The molecule has 3 rings (SSSR count). The fourth-order valence-corrected chi connectivity index (χ4v) is 3.52. The molecule has 1 saturated heterocycles. The lowest BCUT2D eigenvalue weighted by Gasteiger charge is -2.32. The van der Waals surface area contributed by atoms with Crippen molar-refractivity contribution in [2.24, 2.45) is 0 Å². The molecule has 0 atom stereocenters. The van der Waals surface area contributed by atoms with Gasteiger partial charge < -0.3 is 14.4 Å². The first kappa shape index (κ1) is 16.9. The molecular weight excluding hydrogens is 358 g/mol. The molecular formula is C18H24BrNO3. The second-order valence-electron chi connectivity index (χ2n) is 6.12. The summed E-state index contributed by atoms with van der Waals surface area (Å²) in [5, 5.41) is 0.870. The molecule has 0 bridgehead atoms. The summed E-state index contributed by atoms with van der Waals surface area (Å²) in [5.74, 6) is -1.27. The second kappa shape index (κ2) is 7.32. The van der Waals surface area contributed by atoms with Gasteiger partial charge in [-0.2, -0.15) is 0 Å². The summed E-state index contributed by atoms with van der Waals surface area (Å²) in [6.07, 6.45) is 5.07. The average molecular weight is 382 g/mol. The van der Waals surface area contributed by atoms with Crippen LogP contribution in [0.25, 0.3) is 0 Å². The number of rotatable bonds is 6. The van der Waals surface area contributed by atoms with Crippen LogP contribution in [0.2, 0.25) is 0 Å². The fraction of sp³-hybridized carbons (Fsp3) is 0.611. The van der Waals surface area contributed by atoms with Crippen molar-refractivity contribution in [1.82, 2.24) is 0 Å². The maximum atomic E-state index is 13.0. The topological polar surface area (TPSA) is 38.8 Å². The molecule has 1 aromatic carbocycles. The minimum atomic E-state index is -1.21. The molecule has 23 heavy (non-hydrogen) atoms. The van der Waals surface area contributed by atoms with Crippen molar-refractivity contribution in [2.45, 2.75) is 44.8 Å². The van der Waals surface area contributed by atoms with Gasteiger partial charge in [0.2, 0.25) is 0 Å². The number of ether oxygens (including phenoxy) is 2. The van der Waals surface area contributed by atoms with E-state index in [2.05, 4.69) is 41.1 Å². The van der Waals surface area contributed by atoms with E-state index in [0.717, 1.165) is 48.7 Å². The number of alkyl halides is 1. The van der Waals surface area contributed by atoms with Crippen LogP contribution in [0.3, 0.4) is 0 Å². The Hall–Kier alpha value is -0.910. The number of nitrogens with zero attached hydrogens (tertiary/aromatic N) is 1. The van der Waals surface area contributed by atoms with Crippen molar-refractivity contribution >= 4 is 27.5 Å². The third kappa shape index (κ3) is 3.06. The highest BCUT2D eigenvalue weighted by atomic mass is 79.9. The van der Waals surface area contributed by atoms with Gasteiger partial charge in [0.1, 0.15) is 0 Å². The Kier molecular flexibility index (Phi) is 5.39. The third-order valence-corrected chi connectivity index (χ3v) is 5.03. The van der Waals surface area contributed by atoms with Gasteiger partial charge >= 0.3 is 0 Å². The van der Waals surface area contributed by atoms with Gasteiger partial charge in [-0.25, -0.2) is 0 Å². The zero-order chi connectivity index (χ0) is 16.3. The third-order valence-electron chi connectivity index (χ3n) is 4.47. The van der Waals surface area contributed by atoms with Crippen molar-refractivity contribution < 1.29 is 14.3 Å². The number of hydrogen-bond donors (Lipinski definition) is 0. The first-order valence-corrected chi connectivity index (χ1v) is 9.64. The SMILES string of the molecule is CCCCc1ccc2c(c1)C1(OCCCO1)C(=O)N2CCCBr. The van der Waals surface area contributed by atoms with Crippen LogP contribution in [0.1, 0.15) is 43.7 Å². The predicted octanol–water partition coefficient (Wildman–Crippen LogP) is 3.75. The Labute approximate surface area is 146 Å². The normalized spacial score (nSPS) is 19.4. The van der Waals surface area contributed by atoms with Gasteiger partial charge in [0, 0.05) is 17.4 Å². The van der Waals surface area contributed by atoms with E-state index in [1.165, 1.54) is 5.56 Å². The molecule has 2 aliphatic rings. The molecule has 1 spiro atoms. The van der Waals surface area contributed by atoms with Crippen LogP contribution in [-0.4, -0.2) is 31.0 Å². The summed E-state index contributed by atoms with van der Waals surface area (Å²) in [7, 11) is 0. The Morgan fingerprint density at radius 1 is 1.26 bits per heavy atom. The monoisotopic (exact) mass is 381 g/mol. The molecule has 0 radical (unpaired) electrons. The molecule has 5 heteroatoms. The van der Waals surface area contributed by atoms with E-state index in [9.17, 15) is 4.79 Å². The Balaban J connectivity index is 1.98. The van der Waals surface area contributed by atoms with Crippen LogP contribution >= 0.6 is 15.9 Å². The molecule has 0 unspecified atom stereocenters. The highest BCUT2D eigenvalue weighted by Crippen LogP contribution is 2.45. The summed E-state index contributed by atoms with van der Waals surface area (Å²) in [5.41, 5.74) is 3.08. The number of benzene rings is 1. The van der Waals surface area contributed by atoms with Gasteiger partial charge in [-0.1, -0.05) is 35.3 Å². The lowest BCUT2D eigenvalue weighted by atomic mass is 10.00. The molecule has 1 fully saturated rings. The number of carbonyl (C=O) groups is 1. The van der Waals surface area contributed by atoms with Gasteiger partial charge in [-0.05, 0) is 43.4 Å². The highest BCUT2D eigenvalue weighted by Gasteiger charge is 2.54. The van der Waals surface area contributed by atoms with Crippen LogP contribution in [0.15, 0.2) is 18.2 Å². The minimum absolute atomic E-state index is 0.0687. The van der Waals surface area contributed by atoms with Crippen LogP contribution in [-0.2, 0) is 26.5 Å². The number of carbonyl (C=O) groups excluding carboxylic acids is 1. The van der Waals surface area contributed by atoms with Crippen molar-refractivity contribution in [2.75, 3.05) is 30.0 Å². The highest BCUT2D eigenvalue weighted by molar-refractivity contribution is 9.09. The number of unbranched alkanes of at least 4 members (excludes halogenated alkanes) is 1. The molecule has 2 aliphatic heterocycles. The van der Waals surface area contributed by atoms with Crippen LogP contribution in [0.4, 0.5) is 5.69 Å². The molecule has 0 saturated carbocycles. The second-order valence-corrected chi connectivity index (χ2v) is 6.91. The van der Waals surface area contributed by atoms with Gasteiger partial charge in [-0.3, -0.25) is 4.79 Å². The number of fused-ring (bicyclic) bond motifs is 2.